The molecule has 0 aliphatic carbocycles. The minimum atomic E-state index is -5.08. The van der Waals surface area contributed by atoms with Crippen LogP contribution in [0.3, 0.4) is 0 Å². The van der Waals surface area contributed by atoms with E-state index in [4.69, 9.17) is 14.0 Å². The second-order valence-electron chi connectivity index (χ2n) is 15.3. The Kier molecular flexibility index (Phi) is 31.0. The molecule has 1 aliphatic rings. The Bertz CT molecular complexity index is 1030. The predicted octanol–water partition coefficient (Wildman–Crippen LogP) is 7.60. The van der Waals surface area contributed by atoms with E-state index in [0.717, 1.165) is 38.5 Å². The zero-order chi connectivity index (χ0) is 39.9. The van der Waals surface area contributed by atoms with Gasteiger partial charge in [0.15, 0.2) is 6.29 Å². The molecule has 0 bridgehead atoms. The van der Waals surface area contributed by atoms with Crippen LogP contribution in [0.15, 0.2) is 12.2 Å². The number of nitrogens with one attached hydrogen (secondary N) is 1. The summed E-state index contributed by atoms with van der Waals surface area (Å²) < 4.78 is 47.4. The molecule has 1 amide bonds. The van der Waals surface area contributed by atoms with Crippen LogP contribution in [0.2, 0.25) is 0 Å². The highest BCUT2D eigenvalue weighted by Gasteiger charge is 2.48. The third-order valence-corrected chi connectivity index (χ3v) is 10.8. The van der Waals surface area contributed by atoms with Crippen molar-refractivity contribution in [2.75, 3.05) is 13.2 Å². The minimum absolute atomic E-state index is 0.264. The van der Waals surface area contributed by atoms with Crippen molar-refractivity contribution in [2.24, 2.45) is 0 Å². The lowest BCUT2D eigenvalue weighted by Crippen LogP contribution is -2.61. The monoisotopic (exact) mass is 794 g/mol. The van der Waals surface area contributed by atoms with Gasteiger partial charge in [-0.05, 0) is 19.3 Å². The molecule has 0 aromatic rings. The van der Waals surface area contributed by atoms with Crippen molar-refractivity contribution >= 4 is 16.3 Å². The summed E-state index contributed by atoms with van der Waals surface area (Å²) in [6.45, 7) is 3.36. The molecule has 1 fully saturated rings. The van der Waals surface area contributed by atoms with Crippen LogP contribution in [-0.4, -0.2) is 95.4 Å². The average Bonchev–Trinajstić information content (AvgIpc) is 3.14. The van der Waals surface area contributed by atoms with Crippen LogP contribution in [-0.2, 0) is 28.9 Å². The van der Waals surface area contributed by atoms with Gasteiger partial charge in [-0.3, -0.25) is 9.35 Å². The van der Waals surface area contributed by atoms with Gasteiger partial charge in [0.2, 0.25) is 5.91 Å². The second kappa shape index (κ2) is 32.9. The first-order valence-corrected chi connectivity index (χ1v) is 22.9. The van der Waals surface area contributed by atoms with Gasteiger partial charge < -0.3 is 35.2 Å². The van der Waals surface area contributed by atoms with Gasteiger partial charge in [0.25, 0.3) is 0 Å². The molecule has 1 saturated heterocycles. The number of amides is 1. The Morgan fingerprint density at radius 1 is 0.722 bits per heavy atom. The highest BCUT2D eigenvalue weighted by molar-refractivity contribution is 7.80. The van der Waals surface area contributed by atoms with Crippen molar-refractivity contribution in [3.63, 3.8) is 0 Å². The number of unbranched alkanes of at least 4 members (excludes halogenated alkanes) is 24. The Hall–Kier alpha value is -1.16. The third-order valence-electron chi connectivity index (χ3n) is 10.3. The van der Waals surface area contributed by atoms with Gasteiger partial charge in [-0.2, -0.15) is 8.42 Å². The normalized spacial score (nSPS) is 21.8. The molecule has 1 aliphatic heterocycles. The lowest BCUT2D eigenvalue weighted by atomic mass is 9.99. The Labute approximate surface area is 328 Å². The maximum atomic E-state index is 12.9. The molecule has 54 heavy (non-hydrogen) atoms. The molecule has 12 nitrogen and oxygen atoms in total. The topological polar surface area (TPSA) is 192 Å². The molecule has 7 unspecified atom stereocenters. The van der Waals surface area contributed by atoms with Crippen LogP contribution in [0.4, 0.5) is 0 Å². The van der Waals surface area contributed by atoms with Crippen molar-refractivity contribution in [2.45, 2.75) is 230 Å². The van der Waals surface area contributed by atoms with Gasteiger partial charge in [0.05, 0.1) is 25.4 Å². The van der Waals surface area contributed by atoms with Crippen molar-refractivity contribution in [3.05, 3.63) is 12.2 Å². The number of carbonyl (C=O) groups excluding carboxylic acids is 1. The van der Waals surface area contributed by atoms with Crippen LogP contribution in [0.5, 0.6) is 0 Å². The third kappa shape index (κ3) is 25.9. The van der Waals surface area contributed by atoms with E-state index in [-0.39, 0.29) is 18.9 Å². The average molecular weight is 794 g/mol. The first-order chi connectivity index (χ1) is 26.0. The summed E-state index contributed by atoms with van der Waals surface area (Å²) in [7, 11) is -5.08. The molecule has 0 saturated carbocycles. The predicted molar refractivity (Wildman–Crippen MR) is 213 cm³/mol. The molecule has 1 heterocycles. The van der Waals surface area contributed by atoms with Crippen LogP contribution < -0.4 is 5.32 Å². The van der Waals surface area contributed by atoms with E-state index >= 15 is 0 Å². The molecule has 0 aromatic heterocycles. The summed E-state index contributed by atoms with van der Waals surface area (Å²) in [5.74, 6) is -0.264. The smallest absolute Gasteiger partial charge is 0.394 e. The van der Waals surface area contributed by atoms with E-state index in [1.54, 1.807) is 6.08 Å². The van der Waals surface area contributed by atoms with Gasteiger partial charge in [-0.1, -0.05) is 174 Å². The van der Waals surface area contributed by atoms with Gasteiger partial charge >= 0.3 is 10.4 Å². The SMILES string of the molecule is CCCCCCCCCCCCCCCCC/C=C/C(O)C(COC1OC(CO)C(O)C(OS(=O)(=O)O)C1O)NC(=O)CCCCCCCCCCCC. The van der Waals surface area contributed by atoms with E-state index in [9.17, 15) is 33.6 Å². The number of ether oxygens (including phenoxy) is 2. The molecule has 1 rings (SSSR count). The van der Waals surface area contributed by atoms with E-state index in [1.165, 1.54) is 122 Å². The largest absolute Gasteiger partial charge is 0.397 e. The molecule has 6 N–H and O–H groups in total. The standard InChI is InChI=1S/C41H79NO11S/c1-3-5-7-9-11-13-15-16-17-18-19-20-21-22-24-26-28-30-35(44)34(42-37(45)31-29-27-25-23-14-12-10-8-6-4-2)33-51-41-39(47)40(53-54(48,49)50)38(46)36(32-43)52-41/h28,30,34-36,38-41,43-44,46-47H,3-27,29,31-33H2,1-2H3,(H,42,45)(H,48,49,50)/b30-28+. The highest BCUT2D eigenvalue weighted by Crippen LogP contribution is 2.26. The molecule has 13 heteroatoms. The van der Waals surface area contributed by atoms with Crippen LogP contribution in [0, 0.1) is 0 Å². The highest BCUT2D eigenvalue weighted by atomic mass is 32.3. The van der Waals surface area contributed by atoms with Gasteiger partial charge in [0, 0.05) is 6.42 Å². The maximum Gasteiger partial charge on any atom is 0.397 e. The minimum Gasteiger partial charge on any atom is -0.394 e. The number of carbonyl (C=O) groups is 1. The molecular weight excluding hydrogens is 715 g/mol. The summed E-state index contributed by atoms with van der Waals surface area (Å²) >= 11 is 0. The summed E-state index contributed by atoms with van der Waals surface area (Å²) in [6.07, 6.45) is 25.4. The van der Waals surface area contributed by atoms with E-state index in [0.29, 0.717) is 6.42 Å². The fraction of sp³-hybridized carbons (Fsp3) is 0.927. The van der Waals surface area contributed by atoms with E-state index < -0.39 is 59.9 Å². The molecular formula is C41H79NO11S. The molecule has 0 spiro atoms. The number of aliphatic hydroxyl groups is 4. The Balaban J connectivity index is 2.55. The van der Waals surface area contributed by atoms with Crippen molar-refractivity contribution in [1.29, 1.82) is 0 Å². The van der Waals surface area contributed by atoms with E-state index in [2.05, 4.69) is 23.3 Å². The number of hydrogen-bond acceptors (Lipinski definition) is 10. The van der Waals surface area contributed by atoms with Crippen molar-refractivity contribution in [1.82, 2.24) is 5.32 Å². The molecule has 7 atom stereocenters. The van der Waals surface area contributed by atoms with Gasteiger partial charge in [-0.15, -0.1) is 0 Å². The van der Waals surface area contributed by atoms with Crippen molar-refractivity contribution in [3.8, 4) is 0 Å². The van der Waals surface area contributed by atoms with Gasteiger partial charge in [-0.25, -0.2) is 4.18 Å². The van der Waals surface area contributed by atoms with Crippen LogP contribution >= 0.6 is 0 Å². The molecule has 320 valence electrons. The first-order valence-electron chi connectivity index (χ1n) is 21.6. The number of allylic oxidation sites excluding steroid dienone is 1. The number of rotatable bonds is 36. The zero-order valence-electron chi connectivity index (χ0n) is 33.8. The fourth-order valence-corrected chi connectivity index (χ4v) is 7.43. The molecule has 0 radical (unpaired) electrons. The Morgan fingerprint density at radius 3 is 1.61 bits per heavy atom. The lowest BCUT2D eigenvalue weighted by molar-refractivity contribution is -0.298. The van der Waals surface area contributed by atoms with Crippen LogP contribution in [0.25, 0.3) is 0 Å². The fourth-order valence-electron chi connectivity index (χ4n) is 6.92. The summed E-state index contributed by atoms with van der Waals surface area (Å²) in [4.78, 5) is 12.9. The maximum absolute atomic E-state index is 12.9. The quantitative estimate of drug-likeness (QED) is 0.0208. The second-order valence-corrected chi connectivity index (χ2v) is 16.3. The zero-order valence-corrected chi connectivity index (χ0v) is 34.6. The first kappa shape index (κ1) is 50.9. The van der Waals surface area contributed by atoms with Crippen molar-refractivity contribution < 1.29 is 51.8 Å². The number of hydrogen-bond donors (Lipinski definition) is 6. The van der Waals surface area contributed by atoms with Gasteiger partial charge in [0.1, 0.15) is 24.4 Å². The summed E-state index contributed by atoms with van der Waals surface area (Å²) in [6, 6.07) is -0.936. The Morgan fingerprint density at radius 2 is 1.17 bits per heavy atom. The van der Waals surface area contributed by atoms with E-state index in [1.807, 2.05) is 6.08 Å². The number of aliphatic hydroxyl groups excluding tert-OH is 4. The van der Waals surface area contributed by atoms with Crippen LogP contribution in [0.1, 0.15) is 187 Å². The summed E-state index contributed by atoms with van der Waals surface area (Å²) in [5, 5.41) is 44.5. The summed E-state index contributed by atoms with van der Waals surface area (Å²) in [5.41, 5.74) is 0. The molecule has 0 aromatic carbocycles. The lowest BCUT2D eigenvalue weighted by Gasteiger charge is -2.41.